The summed E-state index contributed by atoms with van der Waals surface area (Å²) >= 11 is 0. The molecule has 2 heterocycles. The van der Waals surface area contributed by atoms with Crippen molar-refractivity contribution in [1.82, 2.24) is 9.80 Å². The molecule has 0 aliphatic carbocycles. The summed E-state index contributed by atoms with van der Waals surface area (Å²) in [5.74, 6) is 0.896. The summed E-state index contributed by atoms with van der Waals surface area (Å²) in [5, 5.41) is 0. The molecule has 2 unspecified atom stereocenters. The highest BCUT2D eigenvalue weighted by Crippen LogP contribution is 2.27. The Kier molecular flexibility index (Phi) is 3.42. The summed E-state index contributed by atoms with van der Waals surface area (Å²) in [6.45, 7) is 5.96. The molecule has 2 atom stereocenters. The van der Waals surface area contributed by atoms with Crippen molar-refractivity contribution >= 4 is 0 Å². The highest BCUT2D eigenvalue weighted by atomic mass is 15.3. The molecule has 2 rings (SSSR count). The highest BCUT2D eigenvalue weighted by molar-refractivity contribution is 4.87. The molecular formula is C11H23N3. The average molecular weight is 197 g/mol. The van der Waals surface area contributed by atoms with Crippen molar-refractivity contribution in [3.63, 3.8) is 0 Å². The molecule has 0 saturated carbocycles. The van der Waals surface area contributed by atoms with Gasteiger partial charge in [-0.25, -0.2) is 0 Å². The topological polar surface area (TPSA) is 32.5 Å². The Hall–Kier alpha value is -0.120. The molecule has 2 aliphatic heterocycles. The highest BCUT2D eigenvalue weighted by Gasteiger charge is 2.31. The summed E-state index contributed by atoms with van der Waals surface area (Å²) in [6.07, 6.45) is 3.98. The van der Waals surface area contributed by atoms with E-state index in [1.807, 2.05) is 0 Å². The van der Waals surface area contributed by atoms with E-state index in [1.165, 1.54) is 45.4 Å². The van der Waals surface area contributed by atoms with E-state index in [0.29, 0.717) is 0 Å². The summed E-state index contributed by atoms with van der Waals surface area (Å²) in [6, 6.07) is 0.819. The molecular weight excluding hydrogens is 174 g/mol. The van der Waals surface area contributed by atoms with E-state index < -0.39 is 0 Å². The molecule has 14 heavy (non-hydrogen) atoms. The lowest BCUT2D eigenvalue weighted by Crippen LogP contribution is -2.55. The molecule has 0 bridgehead atoms. The van der Waals surface area contributed by atoms with Crippen molar-refractivity contribution in [3.8, 4) is 0 Å². The molecule has 0 aromatic heterocycles. The molecule has 2 N–H and O–H groups in total. The van der Waals surface area contributed by atoms with Crippen molar-refractivity contribution in [2.45, 2.75) is 25.3 Å². The number of hydrogen-bond donors (Lipinski definition) is 1. The van der Waals surface area contributed by atoms with Gasteiger partial charge in [-0.05, 0) is 45.3 Å². The molecule has 0 aromatic carbocycles. The first-order valence-electron chi connectivity index (χ1n) is 5.92. The van der Waals surface area contributed by atoms with Crippen LogP contribution in [0.1, 0.15) is 19.3 Å². The SMILES string of the molecule is CN1CCN2CCC(CCN)CC2C1. The van der Waals surface area contributed by atoms with Gasteiger partial charge in [-0.3, -0.25) is 4.90 Å². The Bertz CT molecular complexity index is 183. The van der Waals surface area contributed by atoms with Crippen LogP contribution in [0.3, 0.4) is 0 Å². The zero-order valence-electron chi connectivity index (χ0n) is 9.28. The Balaban J connectivity index is 1.86. The van der Waals surface area contributed by atoms with E-state index in [0.717, 1.165) is 18.5 Å². The molecule has 0 amide bonds. The minimum Gasteiger partial charge on any atom is -0.330 e. The lowest BCUT2D eigenvalue weighted by Gasteiger charge is -2.45. The number of fused-ring (bicyclic) bond motifs is 1. The van der Waals surface area contributed by atoms with Crippen molar-refractivity contribution in [3.05, 3.63) is 0 Å². The smallest absolute Gasteiger partial charge is 0.0226 e. The van der Waals surface area contributed by atoms with Gasteiger partial charge < -0.3 is 10.6 Å². The van der Waals surface area contributed by atoms with Gasteiger partial charge in [-0.15, -0.1) is 0 Å². The minimum absolute atomic E-state index is 0.819. The van der Waals surface area contributed by atoms with Gasteiger partial charge in [0.2, 0.25) is 0 Å². The Morgan fingerprint density at radius 2 is 2.14 bits per heavy atom. The molecule has 2 aliphatic rings. The van der Waals surface area contributed by atoms with Crippen LogP contribution in [0.15, 0.2) is 0 Å². The number of rotatable bonds is 2. The first kappa shape index (κ1) is 10.4. The number of nitrogens with zero attached hydrogens (tertiary/aromatic N) is 2. The fraction of sp³-hybridized carbons (Fsp3) is 1.00. The predicted octanol–water partition coefficient (Wildman–Crippen LogP) is 0.361. The Labute approximate surface area is 87.2 Å². The fourth-order valence-electron chi connectivity index (χ4n) is 2.92. The van der Waals surface area contributed by atoms with E-state index in [9.17, 15) is 0 Å². The van der Waals surface area contributed by atoms with E-state index in [-0.39, 0.29) is 0 Å². The van der Waals surface area contributed by atoms with Crippen molar-refractivity contribution < 1.29 is 0 Å². The first-order chi connectivity index (χ1) is 6.79. The van der Waals surface area contributed by atoms with Gasteiger partial charge in [-0.2, -0.15) is 0 Å². The maximum Gasteiger partial charge on any atom is 0.0226 e. The van der Waals surface area contributed by atoms with E-state index in [1.54, 1.807) is 0 Å². The normalized spacial score (nSPS) is 35.6. The second-order valence-electron chi connectivity index (χ2n) is 4.92. The molecule has 82 valence electrons. The zero-order chi connectivity index (χ0) is 9.97. The molecule has 0 spiro atoms. The maximum absolute atomic E-state index is 5.63. The van der Waals surface area contributed by atoms with Gasteiger partial charge in [0.15, 0.2) is 0 Å². The van der Waals surface area contributed by atoms with Gasteiger partial charge in [0.1, 0.15) is 0 Å². The molecule has 2 saturated heterocycles. The van der Waals surface area contributed by atoms with E-state index in [4.69, 9.17) is 5.73 Å². The predicted molar refractivity (Wildman–Crippen MR) is 59.3 cm³/mol. The Morgan fingerprint density at radius 3 is 2.93 bits per heavy atom. The third-order valence-corrected chi connectivity index (χ3v) is 3.81. The molecule has 0 aromatic rings. The quantitative estimate of drug-likeness (QED) is 0.694. The lowest BCUT2D eigenvalue weighted by atomic mass is 9.87. The standard InChI is InChI=1S/C11H23N3/c1-13-6-7-14-5-3-10(2-4-12)8-11(14)9-13/h10-11H,2-9,12H2,1H3. The van der Waals surface area contributed by atoms with Gasteiger partial charge >= 0.3 is 0 Å². The lowest BCUT2D eigenvalue weighted by molar-refractivity contribution is 0.0396. The number of piperidine rings is 1. The van der Waals surface area contributed by atoms with Crippen LogP contribution < -0.4 is 5.73 Å². The van der Waals surface area contributed by atoms with Crippen molar-refractivity contribution in [1.29, 1.82) is 0 Å². The summed E-state index contributed by atoms with van der Waals surface area (Å²) in [4.78, 5) is 5.14. The third kappa shape index (κ3) is 2.27. The number of hydrogen-bond acceptors (Lipinski definition) is 3. The van der Waals surface area contributed by atoms with Crippen LogP contribution in [0.4, 0.5) is 0 Å². The first-order valence-corrected chi connectivity index (χ1v) is 5.92. The fourth-order valence-corrected chi connectivity index (χ4v) is 2.92. The maximum atomic E-state index is 5.63. The van der Waals surface area contributed by atoms with Gasteiger partial charge in [0, 0.05) is 25.7 Å². The Morgan fingerprint density at radius 1 is 1.29 bits per heavy atom. The number of likely N-dealkylation sites (N-methyl/N-ethyl adjacent to an activating group) is 1. The zero-order valence-corrected chi connectivity index (χ0v) is 9.28. The van der Waals surface area contributed by atoms with E-state index >= 15 is 0 Å². The third-order valence-electron chi connectivity index (χ3n) is 3.81. The van der Waals surface area contributed by atoms with Crippen molar-refractivity contribution in [2.24, 2.45) is 11.7 Å². The van der Waals surface area contributed by atoms with Crippen LogP contribution in [-0.2, 0) is 0 Å². The molecule has 3 nitrogen and oxygen atoms in total. The van der Waals surface area contributed by atoms with E-state index in [2.05, 4.69) is 16.8 Å². The number of nitrogens with two attached hydrogens (primary N) is 1. The van der Waals surface area contributed by atoms with Crippen LogP contribution in [-0.4, -0.2) is 55.6 Å². The largest absolute Gasteiger partial charge is 0.330 e. The van der Waals surface area contributed by atoms with Crippen LogP contribution in [0.2, 0.25) is 0 Å². The molecule has 3 heteroatoms. The van der Waals surface area contributed by atoms with Gasteiger partial charge in [0.05, 0.1) is 0 Å². The second kappa shape index (κ2) is 4.60. The molecule has 2 fully saturated rings. The summed E-state index contributed by atoms with van der Waals surface area (Å²) < 4.78 is 0. The second-order valence-corrected chi connectivity index (χ2v) is 4.92. The van der Waals surface area contributed by atoms with Crippen molar-refractivity contribution in [2.75, 3.05) is 39.8 Å². The number of piperazine rings is 1. The van der Waals surface area contributed by atoms with Crippen LogP contribution in [0, 0.1) is 5.92 Å². The van der Waals surface area contributed by atoms with Crippen LogP contribution in [0.25, 0.3) is 0 Å². The van der Waals surface area contributed by atoms with Gasteiger partial charge in [-0.1, -0.05) is 0 Å². The molecule has 0 radical (unpaired) electrons. The van der Waals surface area contributed by atoms with Crippen LogP contribution in [0.5, 0.6) is 0 Å². The van der Waals surface area contributed by atoms with Crippen LogP contribution >= 0.6 is 0 Å². The van der Waals surface area contributed by atoms with Gasteiger partial charge in [0.25, 0.3) is 0 Å². The monoisotopic (exact) mass is 197 g/mol. The summed E-state index contributed by atoms with van der Waals surface area (Å²) in [7, 11) is 2.24. The summed E-state index contributed by atoms with van der Waals surface area (Å²) in [5.41, 5.74) is 5.63. The average Bonchev–Trinajstić information content (AvgIpc) is 2.17. The minimum atomic E-state index is 0.819.